The van der Waals surface area contributed by atoms with Gasteiger partial charge in [-0.15, -0.1) is 0 Å². The largest absolute Gasteiger partial charge is 0.399 e. The third-order valence-corrected chi connectivity index (χ3v) is 3.39. The second kappa shape index (κ2) is 5.47. The Morgan fingerprint density at radius 3 is 3.00 bits per heavy atom. The summed E-state index contributed by atoms with van der Waals surface area (Å²) in [5.41, 5.74) is 6.62. The normalized spacial score (nSPS) is 24.1. The summed E-state index contributed by atoms with van der Waals surface area (Å²) < 4.78 is 18.9. The molecule has 3 nitrogen and oxygen atoms in total. The van der Waals surface area contributed by atoms with Crippen LogP contribution < -0.4 is 11.1 Å². The fourth-order valence-electron chi connectivity index (χ4n) is 2.39. The molecule has 94 valence electrons. The lowest BCUT2D eigenvalue weighted by Gasteiger charge is -2.19. The lowest BCUT2D eigenvalue weighted by molar-refractivity contribution is 0.0846. The summed E-state index contributed by atoms with van der Waals surface area (Å²) in [6, 6.07) is 5.15. The second-order valence-corrected chi connectivity index (χ2v) is 4.54. The molecule has 1 aliphatic carbocycles. The topological polar surface area (TPSA) is 47.3 Å². The van der Waals surface area contributed by atoms with Crippen LogP contribution in [-0.2, 0) is 11.3 Å². The van der Waals surface area contributed by atoms with Crippen LogP contribution in [0.4, 0.5) is 10.1 Å². The van der Waals surface area contributed by atoms with Crippen molar-refractivity contribution in [1.29, 1.82) is 0 Å². The molecule has 1 aromatic rings. The van der Waals surface area contributed by atoms with Gasteiger partial charge in [0, 0.05) is 30.9 Å². The summed E-state index contributed by atoms with van der Waals surface area (Å²) in [6.45, 7) is 0.524. The monoisotopic (exact) mass is 238 g/mol. The third kappa shape index (κ3) is 2.96. The SMILES string of the molecule is COC1CCCC1NCc1ccc(N)cc1F. The quantitative estimate of drug-likeness (QED) is 0.789. The molecule has 0 aromatic heterocycles. The predicted molar refractivity (Wildman–Crippen MR) is 66.1 cm³/mol. The molecule has 17 heavy (non-hydrogen) atoms. The number of halogens is 1. The maximum absolute atomic E-state index is 13.6. The Morgan fingerprint density at radius 2 is 2.29 bits per heavy atom. The van der Waals surface area contributed by atoms with Crippen molar-refractivity contribution < 1.29 is 9.13 Å². The molecule has 0 amide bonds. The van der Waals surface area contributed by atoms with Crippen LogP contribution in [0.1, 0.15) is 24.8 Å². The molecular formula is C13H19FN2O. The fraction of sp³-hybridized carbons (Fsp3) is 0.538. The van der Waals surface area contributed by atoms with E-state index in [0.717, 1.165) is 12.8 Å². The zero-order chi connectivity index (χ0) is 12.3. The van der Waals surface area contributed by atoms with Gasteiger partial charge in [-0.25, -0.2) is 4.39 Å². The van der Waals surface area contributed by atoms with Gasteiger partial charge in [-0.05, 0) is 31.4 Å². The fourth-order valence-corrected chi connectivity index (χ4v) is 2.39. The zero-order valence-electron chi connectivity index (χ0n) is 10.1. The number of hydrogen-bond donors (Lipinski definition) is 2. The minimum absolute atomic E-state index is 0.246. The molecule has 0 aliphatic heterocycles. The van der Waals surface area contributed by atoms with E-state index in [2.05, 4.69) is 5.32 Å². The Morgan fingerprint density at radius 1 is 1.47 bits per heavy atom. The number of methoxy groups -OCH3 is 1. The molecule has 0 spiro atoms. The Bertz CT molecular complexity index is 384. The van der Waals surface area contributed by atoms with Crippen molar-refractivity contribution in [2.45, 2.75) is 38.0 Å². The van der Waals surface area contributed by atoms with Crippen molar-refractivity contribution in [3.63, 3.8) is 0 Å². The first-order valence-corrected chi connectivity index (χ1v) is 6.01. The Kier molecular flexibility index (Phi) is 3.97. The summed E-state index contributed by atoms with van der Waals surface area (Å²) in [4.78, 5) is 0. The van der Waals surface area contributed by atoms with Crippen LogP contribution >= 0.6 is 0 Å². The summed E-state index contributed by atoms with van der Waals surface area (Å²) in [7, 11) is 1.73. The van der Waals surface area contributed by atoms with Crippen molar-refractivity contribution in [3.05, 3.63) is 29.6 Å². The number of ether oxygens (including phenoxy) is 1. The number of nitrogen functional groups attached to an aromatic ring is 1. The molecule has 1 fully saturated rings. The molecule has 1 aliphatic rings. The van der Waals surface area contributed by atoms with Crippen molar-refractivity contribution in [2.75, 3.05) is 12.8 Å². The minimum Gasteiger partial charge on any atom is -0.399 e. The Hall–Kier alpha value is -1.13. The van der Waals surface area contributed by atoms with Crippen LogP contribution in [0.3, 0.4) is 0 Å². The highest BCUT2D eigenvalue weighted by atomic mass is 19.1. The van der Waals surface area contributed by atoms with E-state index >= 15 is 0 Å². The van der Waals surface area contributed by atoms with Crippen LogP contribution in [0, 0.1) is 5.82 Å². The average molecular weight is 238 g/mol. The van der Waals surface area contributed by atoms with E-state index in [9.17, 15) is 4.39 Å². The lowest BCUT2D eigenvalue weighted by atomic mass is 10.1. The number of anilines is 1. The number of nitrogens with two attached hydrogens (primary N) is 1. The Labute approximate surface area is 101 Å². The van der Waals surface area contributed by atoms with Crippen LogP contribution in [0.5, 0.6) is 0 Å². The van der Waals surface area contributed by atoms with Gasteiger partial charge in [0.05, 0.1) is 6.10 Å². The standard InChI is InChI=1S/C13H19FN2O/c1-17-13-4-2-3-12(13)16-8-9-5-6-10(15)7-11(9)14/h5-7,12-13,16H,2-4,8,15H2,1H3. The van der Waals surface area contributed by atoms with Crippen molar-refractivity contribution in [3.8, 4) is 0 Å². The first-order chi connectivity index (χ1) is 8.20. The van der Waals surface area contributed by atoms with Gasteiger partial charge in [0.25, 0.3) is 0 Å². The first-order valence-electron chi connectivity index (χ1n) is 6.01. The molecule has 1 saturated carbocycles. The highest BCUT2D eigenvalue weighted by Gasteiger charge is 2.26. The maximum atomic E-state index is 13.6. The number of benzene rings is 1. The van der Waals surface area contributed by atoms with Gasteiger partial charge in [0.1, 0.15) is 5.82 Å². The van der Waals surface area contributed by atoms with Gasteiger partial charge in [-0.1, -0.05) is 6.07 Å². The summed E-state index contributed by atoms with van der Waals surface area (Å²) in [5, 5.41) is 3.35. The zero-order valence-corrected chi connectivity index (χ0v) is 10.1. The van der Waals surface area contributed by atoms with Gasteiger partial charge in [0.2, 0.25) is 0 Å². The van der Waals surface area contributed by atoms with Crippen molar-refractivity contribution in [2.24, 2.45) is 0 Å². The van der Waals surface area contributed by atoms with E-state index in [4.69, 9.17) is 10.5 Å². The van der Waals surface area contributed by atoms with E-state index in [1.54, 1.807) is 19.2 Å². The molecule has 0 bridgehead atoms. The first kappa shape index (κ1) is 12.3. The lowest BCUT2D eigenvalue weighted by Crippen LogP contribution is -2.36. The number of rotatable bonds is 4. The maximum Gasteiger partial charge on any atom is 0.129 e. The third-order valence-electron chi connectivity index (χ3n) is 3.39. The summed E-state index contributed by atoms with van der Waals surface area (Å²) >= 11 is 0. The van der Waals surface area contributed by atoms with Gasteiger partial charge in [-0.2, -0.15) is 0 Å². The van der Waals surface area contributed by atoms with Gasteiger partial charge >= 0.3 is 0 Å². The molecule has 2 atom stereocenters. The highest BCUT2D eigenvalue weighted by molar-refractivity contribution is 5.40. The van der Waals surface area contributed by atoms with Crippen LogP contribution in [0.15, 0.2) is 18.2 Å². The summed E-state index contributed by atoms with van der Waals surface area (Å²) in [6.07, 6.45) is 3.60. The van der Waals surface area contributed by atoms with Gasteiger partial charge in [-0.3, -0.25) is 0 Å². The average Bonchev–Trinajstić information content (AvgIpc) is 2.75. The molecule has 0 heterocycles. The van der Waals surface area contributed by atoms with E-state index in [1.807, 2.05) is 0 Å². The summed E-state index contributed by atoms with van der Waals surface area (Å²) in [5.74, 6) is -0.246. The molecular weight excluding hydrogens is 219 g/mol. The predicted octanol–water partition coefficient (Wildman–Crippen LogP) is 2.06. The van der Waals surface area contributed by atoms with Crippen LogP contribution in [0.2, 0.25) is 0 Å². The van der Waals surface area contributed by atoms with Crippen LogP contribution in [-0.4, -0.2) is 19.3 Å². The second-order valence-electron chi connectivity index (χ2n) is 4.54. The molecule has 1 aromatic carbocycles. The molecule has 0 radical (unpaired) electrons. The number of hydrogen-bond acceptors (Lipinski definition) is 3. The van der Waals surface area contributed by atoms with Crippen molar-refractivity contribution >= 4 is 5.69 Å². The minimum atomic E-state index is -0.246. The van der Waals surface area contributed by atoms with E-state index in [1.165, 1.54) is 12.5 Å². The highest BCUT2D eigenvalue weighted by Crippen LogP contribution is 2.22. The van der Waals surface area contributed by atoms with Gasteiger partial charge in [0.15, 0.2) is 0 Å². The van der Waals surface area contributed by atoms with Gasteiger partial charge < -0.3 is 15.8 Å². The van der Waals surface area contributed by atoms with E-state index < -0.39 is 0 Å². The number of nitrogens with one attached hydrogen (secondary N) is 1. The Balaban J connectivity index is 1.93. The molecule has 3 N–H and O–H groups in total. The molecule has 2 unspecified atom stereocenters. The van der Waals surface area contributed by atoms with E-state index in [-0.39, 0.29) is 11.9 Å². The molecule has 0 saturated heterocycles. The smallest absolute Gasteiger partial charge is 0.129 e. The molecule has 4 heteroatoms. The van der Waals surface area contributed by atoms with Crippen LogP contribution in [0.25, 0.3) is 0 Å². The molecule has 2 rings (SSSR count). The van der Waals surface area contributed by atoms with Crippen molar-refractivity contribution in [1.82, 2.24) is 5.32 Å². The van der Waals surface area contributed by atoms with E-state index in [0.29, 0.717) is 23.8 Å².